The van der Waals surface area contributed by atoms with E-state index in [9.17, 15) is 9.59 Å². The van der Waals surface area contributed by atoms with Gasteiger partial charge in [0.1, 0.15) is 11.8 Å². The molecule has 0 N–H and O–H groups in total. The first-order valence-corrected chi connectivity index (χ1v) is 10.5. The van der Waals surface area contributed by atoms with Crippen molar-refractivity contribution in [3.8, 4) is 0 Å². The van der Waals surface area contributed by atoms with Crippen molar-refractivity contribution in [3.05, 3.63) is 77.5 Å². The fourth-order valence-corrected chi connectivity index (χ4v) is 4.93. The molecule has 4 rings (SSSR count). The van der Waals surface area contributed by atoms with E-state index >= 15 is 0 Å². The Balaban J connectivity index is 1.94. The molecule has 3 aromatic heterocycles. The summed E-state index contributed by atoms with van der Waals surface area (Å²) in [6.07, 6.45) is 2.99. The molecule has 28 heavy (non-hydrogen) atoms. The summed E-state index contributed by atoms with van der Waals surface area (Å²) in [4.78, 5) is 32.0. The molecule has 0 radical (unpaired) electrons. The van der Waals surface area contributed by atoms with Crippen molar-refractivity contribution in [1.82, 2.24) is 4.57 Å². The number of ether oxygens (including phenoxy) is 1. The normalized spacial score (nSPS) is 17.0. The Morgan fingerprint density at radius 1 is 1.36 bits per heavy atom. The fraction of sp³-hybridized carbons (Fsp3) is 0.250. The van der Waals surface area contributed by atoms with E-state index in [1.165, 1.54) is 22.7 Å². The molecular formula is C20H18N2O4S2. The summed E-state index contributed by atoms with van der Waals surface area (Å²) in [6.45, 7) is 5.38. The van der Waals surface area contributed by atoms with Gasteiger partial charge in [0.2, 0.25) is 0 Å². The Morgan fingerprint density at radius 3 is 2.82 bits per heavy atom. The number of hydrogen-bond donors (Lipinski definition) is 0. The maximum absolute atomic E-state index is 13.2. The first kappa shape index (κ1) is 18.6. The molecule has 4 heterocycles. The van der Waals surface area contributed by atoms with Crippen molar-refractivity contribution in [2.75, 3.05) is 0 Å². The van der Waals surface area contributed by atoms with Crippen molar-refractivity contribution >= 4 is 34.7 Å². The predicted octanol–water partition coefficient (Wildman–Crippen LogP) is 2.84. The van der Waals surface area contributed by atoms with Gasteiger partial charge in [0.15, 0.2) is 4.80 Å². The highest BCUT2D eigenvalue weighted by molar-refractivity contribution is 7.10. The van der Waals surface area contributed by atoms with E-state index in [1.807, 2.05) is 17.5 Å². The van der Waals surface area contributed by atoms with Crippen LogP contribution < -0.4 is 14.9 Å². The van der Waals surface area contributed by atoms with E-state index in [0.29, 0.717) is 26.4 Å². The van der Waals surface area contributed by atoms with Crippen molar-refractivity contribution < 1.29 is 13.9 Å². The smallest absolute Gasteiger partial charge is 0.338 e. The molecule has 6 nitrogen and oxygen atoms in total. The van der Waals surface area contributed by atoms with Gasteiger partial charge in [-0.25, -0.2) is 9.79 Å². The fourth-order valence-electron chi connectivity index (χ4n) is 3.08. The van der Waals surface area contributed by atoms with Crippen LogP contribution in [-0.4, -0.2) is 16.6 Å². The van der Waals surface area contributed by atoms with Crippen LogP contribution in [0.2, 0.25) is 0 Å². The summed E-state index contributed by atoms with van der Waals surface area (Å²) in [6, 6.07) is 6.81. The molecule has 0 fully saturated rings. The lowest BCUT2D eigenvalue weighted by Crippen LogP contribution is -2.39. The van der Waals surface area contributed by atoms with Crippen molar-refractivity contribution in [2.45, 2.75) is 32.9 Å². The minimum atomic E-state index is -0.554. The van der Waals surface area contributed by atoms with E-state index in [1.54, 1.807) is 49.8 Å². The molecule has 0 saturated heterocycles. The van der Waals surface area contributed by atoms with Crippen LogP contribution in [-0.2, 0) is 9.53 Å². The third-order valence-electron chi connectivity index (χ3n) is 4.21. The number of carbonyl (C=O) groups is 1. The zero-order valence-corrected chi connectivity index (χ0v) is 17.2. The lowest BCUT2D eigenvalue weighted by Gasteiger charge is -2.24. The van der Waals surface area contributed by atoms with Crippen LogP contribution in [0.1, 0.15) is 37.5 Å². The molecule has 0 aliphatic carbocycles. The third kappa shape index (κ3) is 3.29. The summed E-state index contributed by atoms with van der Waals surface area (Å²) < 4.78 is 12.9. The first-order valence-electron chi connectivity index (χ1n) is 8.76. The second-order valence-corrected chi connectivity index (χ2v) is 8.56. The number of nitrogens with zero attached hydrogens (tertiary/aromatic N) is 2. The van der Waals surface area contributed by atoms with Gasteiger partial charge >= 0.3 is 5.97 Å². The second kappa shape index (κ2) is 7.37. The second-order valence-electron chi connectivity index (χ2n) is 6.57. The van der Waals surface area contributed by atoms with Gasteiger partial charge in [-0.05, 0) is 44.4 Å². The van der Waals surface area contributed by atoms with Gasteiger partial charge in [-0.15, -0.1) is 11.3 Å². The number of allylic oxidation sites excluding steroid dienone is 1. The summed E-state index contributed by atoms with van der Waals surface area (Å²) in [5.74, 6) is 0.142. The average molecular weight is 415 g/mol. The molecule has 0 aromatic carbocycles. The zero-order chi connectivity index (χ0) is 19.8. The number of aromatic nitrogens is 1. The first-order chi connectivity index (χ1) is 13.5. The molecule has 1 atom stereocenters. The SMILES string of the molecule is CC1=C(C(=O)OC(C)C)C(c2cccs2)n2c(sc(=Cc3ccco3)c2=O)=N1. The van der Waals surface area contributed by atoms with Crippen LogP contribution in [0.25, 0.3) is 6.08 Å². The number of thiophene rings is 1. The highest BCUT2D eigenvalue weighted by atomic mass is 32.1. The maximum Gasteiger partial charge on any atom is 0.338 e. The quantitative estimate of drug-likeness (QED) is 0.616. The molecule has 8 heteroatoms. The predicted molar refractivity (Wildman–Crippen MR) is 108 cm³/mol. The van der Waals surface area contributed by atoms with Crippen molar-refractivity contribution in [1.29, 1.82) is 0 Å². The summed E-state index contributed by atoms with van der Waals surface area (Å²) in [7, 11) is 0. The third-order valence-corrected chi connectivity index (χ3v) is 6.12. The number of rotatable bonds is 4. The molecule has 144 valence electrons. The van der Waals surface area contributed by atoms with Crippen LogP contribution in [0.15, 0.2) is 61.4 Å². The summed E-state index contributed by atoms with van der Waals surface area (Å²) in [5, 5.41) is 1.93. The molecular weight excluding hydrogens is 396 g/mol. The van der Waals surface area contributed by atoms with Crippen LogP contribution in [0.3, 0.4) is 0 Å². The van der Waals surface area contributed by atoms with Gasteiger partial charge in [-0.3, -0.25) is 9.36 Å². The van der Waals surface area contributed by atoms with Gasteiger partial charge in [0.25, 0.3) is 5.56 Å². The minimum absolute atomic E-state index is 0.208. The minimum Gasteiger partial charge on any atom is -0.465 e. The number of esters is 1. The molecule has 1 unspecified atom stereocenters. The van der Waals surface area contributed by atoms with Crippen LogP contribution in [0, 0.1) is 0 Å². The number of carbonyl (C=O) groups excluding carboxylic acids is 1. The Bertz CT molecular complexity index is 1210. The molecule has 1 aliphatic rings. The Kier molecular flexibility index (Phi) is 4.91. The molecule has 1 aliphatic heterocycles. The Morgan fingerprint density at radius 2 is 2.18 bits per heavy atom. The van der Waals surface area contributed by atoms with E-state index in [4.69, 9.17) is 9.15 Å². The highest BCUT2D eigenvalue weighted by Crippen LogP contribution is 2.33. The Hall–Kier alpha value is -2.71. The van der Waals surface area contributed by atoms with Gasteiger partial charge < -0.3 is 9.15 Å². The maximum atomic E-state index is 13.2. The monoisotopic (exact) mass is 414 g/mol. The molecule has 3 aromatic rings. The zero-order valence-electron chi connectivity index (χ0n) is 15.5. The lowest BCUT2D eigenvalue weighted by atomic mass is 10.0. The molecule has 0 spiro atoms. The average Bonchev–Trinajstić information content (AvgIpc) is 3.37. The summed E-state index contributed by atoms with van der Waals surface area (Å²) in [5.41, 5.74) is 0.754. The number of furan rings is 1. The van der Waals surface area contributed by atoms with Crippen molar-refractivity contribution in [3.63, 3.8) is 0 Å². The molecule has 0 amide bonds. The van der Waals surface area contributed by atoms with Gasteiger partial charge in [0, 0.05) is 11.0 Å². The van der Waals surface area contributed by atoms with Gasteiger partial charge in [-0.2, -0.15) is 0 Å². The van der Waals surface area contributed by atoms with E-state index < -0.39 is 12.0 Å². The number of hydrogen-bond acceptors (Lipinski definition) is 7. The van der Waals surface area contributed by atoms with Gasteiger partial charge in [-0.1, -0.05) is 17.4 Å². The topological polar surface area (TPSA) is 73.8 Å². The van der Waals surface area contributed by atoms with Crippen LogP contribution >= 0.6 is 22.7 Å². The van der Waals surface area contributed by atoms with E-state index in [2.05, 4.69) is 4.99 Å². The van der Waals surface area contributed by atoms with E-state index in [-0.39, 0.29) is 11.7 Å². The standard InChI is InChI=1S/C20H18N2O4S2/c1-11(2)26-19(24)16-12(3)21-20-22(17(16)14-7-5-9-27-14)18(23)15(28-20)10-13-6-4-8-25-13/h4-11,17H,1-3H3. The van der Waals surface area contributed by atoms with E-state index in [0.717, 1.165) is 4.88 Å². The number of fused-ring (bicyclic) bond motifs is 1. The summed E-state index contributed by atoms with van der Waals surface area (Å²) >= 11 is 2.77. The largest absolute Gasteiger partial charge is 0.465 e. The Labute approximate surface area is 168 Å². The lowest BCUT2D eigenvalue weighted by molar-refractivity contribution is -0.143. The highest BCUT2D eigenvalue weighted by Gasteiger charge is 2.34. The molecule has 0 saturated carbocycles. The van der Waals surface area contributed by atoms with Crippen LogP contribution in [0.5, 0.6) is 0 Å². The van der Waals surface area contributed by atoms with Crippen molar-refractivity contribution in [2.24, 2.45) is 4.99 Å². The molecule has 0 bridgehead atoms. The van der Waals surface area contributed by atoms with Crippen LogP contribution in [0.4, 0.5) is 0 Å². The van der Waals surface area contributed by atoms with Gasteiger partial charge in [0.05, 0.1) is 28.2 Å². The number of thiazole rings is 1.